The van der Waals surface area contributed by atoms with Gasteiger partial charge in [0.25, 0.3) is 0 Å². The van der Waals surface area contributed by atoms with Crippen molar-refractivity contribution in [1.29, 1.82) is 0 Å². The maximum absolute atomic E-state index is 14.7. The summed E-state index contributed by atoms with van der Waals surface area (Å²) in [6, 6.07) is 8.45. The van der Waals surface area contributed by atoms with Crippen LogP contribution in [0.2, 0.25) is 10.0 Å². The van der Waals surface area contributed by atoms with Crippen molar-refractivity contribution in [1.82, 2.24) is 5.32 Å². The molecule has 3 aliphatic rings. The van der Waals surface area contributed by atoms with Gasteiger partial charge in [0.05, 0.1) is 11.6 Å². The van der Waals surface area contributed by atoms with Crippen LogP contribution in [0.3, 0.4) is 0 Å². The topological polar surface area (TPSA) is 78.4 Å². The van der Waals surface area contributed by atoms with Crippen LogP contribution in [0.5, 0.6) is 0 Å². The number of hydrogen-bond acceptors (Lipinski definition) is 4. The number of amides is 1. The van der Waals surface area contributed by atoms with Gasteiger partial charge in [-0.3, -0.25) is 9.59 Å². The van der Waals surface area contributed by atoms with Crippen molar-refractivity contribution in [2.24, 2.45) is 11.3 Å². The molecule has 1 saturated heterocycles. The number of nitrogens with one attached hydrogen (secondary N) is 2. The molecule has 4 atom stereocenters. The Morgan fingerprint density at radius 3 is 2.46 bits per heavy atom. The van der Waals surface area contributed by atoms with Crippen molar-refractivity contribution < 1.29 is 19.1 Å². The van der Waals surface area contributed by atoms with E-state index in [4.69, 9.17) is 23.2 Å². The second-order valence-corrected chi connectivity index (χ2v) is 13.5. The highest BCUT2D eigenvalue weighted by molar-refractivity contribution is 6.31. The van der Waals surface area contributed by atoms with E-state index in [0.717, 1.165) is 5.56 Å². The number of fused-ring (bicyclic) bond motifs is 2. The number of Topliss-reactive ketones (excluding diaryl/α,β-unsaturated/α-hetero) is 1. The van der Waals surface area contributed by atoms with E-state index in [2.05, 4.69) is 31.4 Å². The highest BCUT2D eigenvalue weighted by atomic mass is 35.5. The summed E-state index contributed by atoms with van der Waals surface area (Å²) in [7, 11) is 0. The first-order valence-corrected chi connectivity index (χ1v) is 13.5. The van der Waals surface area contributed by atoms with E-state index in [-0.39, 0.29) is 34.5 Å². The van der Waals surface area contributed by atoms with Gasteiger partial charge in [0.1, 0.15) is 11.2 Å². The summed E-state index contributed by atoms with van der Waals surface area (Å²) in [5, 5.41) is 17.5. The third-order valence-corrected chi connectivity index (χ3v) is 8.61. The Labute approximate surface area is 227 Å². The summed E-state index contributed by atoms with van der Waals surface area (Å²) in [4.78, 5) is 28.0. The minimum atomic E-state index is -1.17. The van der Waals surface area contributed by atoms with E-state index in [0.29, 0.717) is 35.5 Å². The molecule has 2 heterocycles. The van der Waals surface area contributed by atoms with Crippen LogP contribution in [0.25, 0.3) is 0 Å². The van der Waals surface area contributed by atoms with Crippen molar-refractivity contribution in [3.8, 4) is 0 Å². The molecule has 1 saturated carbocycles. The third kappa shape index (κ3) is 4.71. The average molecular weight is 547 g/mol. The second-order valence-electron chi connectivity index (χ2n) is 12.6. The molecule has 2 aliphatic heterocycles. The van der Waals surface area contributed by atoms with Crippen LogP contribution < -0.4 is 10.6 Å². The Balaban J connectivity index is 1.68. The van der Waals surface area contributed by atoms with Crippen LogP contribution in [-0.2, 0) is 15.0 Å². The number of halogens is 3. The first kappa shape index (κ1) is 26.6. The fourth-order valence-corrected chi connectivity index (χ4v) is 7.37. The molecule has 198 valence electrons. The Morgan fingerprint density at radius 1 is 1.14 bits per heavy atom. The predicted molar refractivity (Wildman–Crippen MR) is 144 cm³/mol. The molecule has 5 nitrogen and oxygen atoms in total. The molecule has 0 aromatic heterocycles. The molecule has 1 spiro atoms. The quantitative estimate of drug-likeness (QED) is 0.429. The van der Waals surface area contributed by atoms with Gasteiger partial charge in [0.2, 0.25) is 5.91 Å². The summed E-state index contributed by atoms with van der Waals surface area (Å²) in [5.74, 6) is -1.42. The maximum atomic E-state index is 14.7. The van der Waals surface area contributed by atoms with Gasteiger partial charge in [-0.05, 0) is 79.0 Å². The van der Waals surface area contributed by atoms with Crippen LogP contribution in [0.1, 0.15) is 70.4 Å². The van der Waals surface area contributed by atoms with E-state index in [9.17, 15) is 19.1 Å². The van der Waals surface area contributed by atoms with Gasteiger partial charge in [-0.15, -0.1) is 0 Å². The molecule has 0 unspecified atom stereocenters. The van der Waals surface area contributed by atoms with Gasteiger partial charge in [-0.2, -0.15) is 0 Å². The smallest absolute Gasteiger partial charge is 0.237 e. The minimum absolute atomic E-state index is 0.0446. The molecule has 3 N–H and O–H groups in total. The first-order chi connectivity index (χ1) is 17.2. The van der Waals surface area contributed by atoms with Crippen LogP contribution in [-0.4, -0.2) is 34.5 Å². The van der Waals surface area contributed by atoms with Crippen molar-refractivity contribution in [3.63, 3.8) is 0 Å². The third-order valence-electron chi connectivity index (χ3n) is 8.16. The highest BCUT2D eigenvalue weighted by Crippen LogP contribution is 2.57. The van der Waals surface area contributed by atoms with E-state index in [1.807, 2.05) is 6.07 Å². The van der Waals surface area contributed by atoms with Gasteiger partial charge < -0.3 is 15.7 Å². The van der Waals surface area contributed by atoms with Crippen molar-refractivity contribution in [2.45, 2.75) is 82.4 Å². The summed E-state index contributed by atoms with van der Waals surface area (Å²) < 4.78 is 14.7. The maximum Gasteiger partial charge on any atom is 0.237 e. The molecule has 0 bridgehead atoms. The van der Waals surface area contributed by atoms with Crippen molar-refractivity contribution >= 4 is 40.6 Å². The van der Waals surface area contributed by atoms with Gasteiger partial charge in [-0.25, -0.2) is 4.39 Å². The molecule has 1 amide bonds. The normalized spacial score (nSPS) is 32.8. The Hall–Kier alpha value is -1.99. The van der Waals surface area contributed by atoms with E-state index < -0.39 is 34.8 Å². The number of aliphatic hydroxyl groups is 1. The Bertz CT molecular complexity index is 1250. The molecular weight excluding hydrogens is 514 g/mol. The molecule has 0 radical (unpaired) electrons. The molecule has 2 aromatic rings. The first-order valence-electron chi connectivity index (χ1n) is 12.8. The number of hydrogen-bond donors (Lipinski definition) is 3. The zero-order valence-electron chi connectivity index (χ0n) is 21.5. The number of rotatable bonds is 5. The number of carbonyl (C=O) groups excluding carboxylic acids is 2. The monoisotopic (exact) mass is 546 g/mol. The molecule has 37 heavy (non-hydrogen) atoms. The molecule has 5 rings (SSSR count). The van der Waals surface area contributed by atoms with Crippen LogP contribution in [0.15, 0.2) is 36.4 Å². The van der Waals surface area contributed by atoms with Gasteiger partial charge in [-0.1, -0.05) is 50.0 Å². The standard InChI is InChI=1S/C29H33Cl2FN2O3/c1-27(2,3)14-23-29(20-6-5-17(30)11-21(20)33-26(29)36)24(16-8-18(31)10-19(32)9-16)25(34-23)22(35)7-15-12-28(4,37)13-15/h5-6,8-11,15,23-25,34,37H,7,12-14H2,1-4H3,(H,33,36)/t15?,23-,24+,25+,28?,29+/m1/s1. The van der Waals surface area contributed by atoms with Gasteiger partial charge in [0.15, 0.2) is 5.78 Å². The second kappa shape index (κ2) is 9.04. The lowest BCUT2D eigenvalue weighted by atomic mass is 9.61. The number of ketones is 1. The SMILES string of the molecule is CC(C)(C)C[C@H]1N[C@@H](C(=O)CC2CC(C)(O)C2)[C@H](c2cc(F)cc(Cl)c2)[C@@]12C(=O)Nc1cc(Cl)ccc12. The lowest BCUT2D eigenvalue weighted by molar-refractivity contribution is -0.126. The van der Waals surface area contributed by atoms with Gasteiger partial charge >= 0.3 is 0 Å². The van der Waals surface area contributed by atoms with Crippen LogP contribution in [0.4, 0.5) is 10.1 Å². The van der Waals surface area contributed by atoms with Crippen molar-refractivity contribution in [2.75, 3.05) is 5.32 Å². The van der Waals surface area contributed by atoms with Gasteiger partial charge in [0, 0.05) is 34.1 Å². The lowest BCUT2D eigenvalue weighted by Crippen LogP contribution is -2.49. The summed E-state index contributed by atoms with van der Waals surface area (Å²) >= 11 is 12.6. The molecule has 2 fully saturated rings. The number of benzene rings is 2. The molecule has 8 heteroatoms. The Morgan fingerprint density at radius 2 is 1.84 bits per heavy atom. The molecular formula is C29H33Cl2FN2O3. The van der Waals surface area contributed by atoms with Crippen LogP contribution >= 0.6 is 23.2 Å². The fraction of sp³-hybridized carbons (Fsp3) is 0.517. The highest BCUT2D eigenvalue weighted by Gasteiger charge is 2.65. The fourth-order valence-electron chi connectivity index (χ4n) is 6.97. The van der Waals surface area contributed by atoms with E-state index >= 15 is 0 Å². The molecule has 2 aromatic carbocycles. The van der Waals surface area contributed by atoms with E-state index in [1.54, 1.807) is 25.1 Å². The Kier molecular flexibility index (Phi) is 6.51. The number of anilines is 1. The van der Waals surface area contributed by atoms with Crippen LogP contribution in [0, 0.1) is 17.2 Å². The predicted octanol–water partition coefficient (Wildman–Crippen LogP) is 6.00. The zero-order valence-corrected chi connectivity index (χ0v) is 23.0. The largest absolute Gasteiger partial charge is 0.390 e. The average Bonchev–Trinajstić information content (AvgIpc) is 3.20. The summed E-state index contributed by atoms with van der Waals surface area (Å²) in [6.45, 7) is 8.06. The minimum Gasteiger partial charge on any atom is -0.390 e. The summed E-state index contributed by atoms with van der Waals surface area (Å²) in [6.07, 6.45) is 1.99. The number of carbonyl (C=O) groups is 2. The lowest BCUT2D eigenvalue weighted by Gasteiger charge is -2.41. The van der Waals surface area contributed by atoms with Crippen molar-refractivity contribution in [3.05, 3.63) is 63.4 Å². The zero-order chi connectivity index (χ0) is 26.9. The van der Waals surface area contributed by atoms with E-state index in [1.165, 1.54) is 12.1 Å². The molecule has 1 aliphatic carbocycles. The summed E-state index contributed by atoms with van der Waals surface area (Å²) in [5.41, 5.74) is -0.233.